The third-order valence-corrected chi connectivity index (χ3v) is 4.63. The van der Waals surface area contributed by atoms with E-state index in [4.69, 9.17) is 0 Å². The predicted molar refractivity (Wildman–Crippen MR) is 103 cm³/mol. The molecule has 0 atom stereocenters. The van der Waals surface area contributed by atoms with Crippen LogP contribution in [0.4, 0.5) is 5.82 Å². The molecule has 0 bridgehead atoms. The molecule has 11 heteroatoms. The zero-order chi connectivity index (χ0) is 20.5. The summed E-state index contributed by atoms with van der Waals surface area (Å²) in [6, 6.07) is 3.65. The smallest absolute Gasteiger partial charge is 0.281 e. The Hall–Kier alpha value is -4.02. The first kappa shape index (κ1) is 18.3. The highest BCUT2D eigenvalue weighted by molar-refractivity contribution is 6.01. The molecule has 0 radical (unpaired) electrons. The molecule has 11 nitrogen and oxygen atoms in total. The quantitative estimate of drug-likeness (QED) is 0.642. The Morgan fingerprint density at radius 2 is 2.14 bits per heavy atom. The van der Waals surface area contributed by atoms with Crippen LogP contribution in [0.15, 0.2) is 43.3 Å². The summed E-state index contributed by atoms with van der Waals surface area (Å²) in [4.78, 5) is 40.4. The molecule has 148 valence electrons. The van der Waals surface area contributed by atoms with Crippen LogP contribution in [0.3, 0.4) is 0 Å². The number of nitrogens with zero attached hydrogens (tertiary/aromatic N) is 7. The van der Waals surface area contributed by atoms with E-state index < -0.39 is 0 Å². The molecule has 4 heterocycles. The van der Waals surface area contributed by atoms with E-state index in [9.17, 15) is 9.59 Å². The van der Waals surface area contributed by atoms with Crippen molar-refractivity contribution in [2.45, 2.75) is 13.1 Å². The summed E-state index contributed by atoms with van der Waals surface area (Å²) >= 11 is 0. The molecule has 0 spiro atoms. The number of carbonyl (C=O) groups is 2. The van der Waals surface area contributed by atoms with Crippen LogP contribution in [0.2, 0.25) is 0 Å². The number of rotatable bonds is 5. The predicted octanol–water partition coefficient (Wildman–Crippen LogP) is 0.373. The lowest BCUT2D eigenvalue weighted by Crippen LogP contribution is -2.41. The molecule has 2 amide bonds. The number of anilines is 1. The van der Waals surface area contributed by atoms with Crippen molar-refractivity contribution >= 4 is 17.6 Å². The van der Waals surface area contributed by atoms with Gasteiger partial charge in [0.15, 0.2) is 11.5 Å². The van der Waals surface area contributed by atoms with Gasteiger partial charge in [0.1, 0.15) is 24.0 Å². The Kier molecular flexibility index (Phi) is 4.55. The lowest BCUT2D eigenvalue weighted by Gasteiger charge is -2.33. The fraction of sp³-hybridized carbons (Fsp3) is 0.222. The highest BCUT2D eigenvalue weighted by atomic mass is 16.2. The lowest BCUT2D eigenvalue weighted by molar-refractivity contribution is -0.121. The topological polar surface area (TPSA) is 125 Å². The van der Waals surface area contributed by atoms with E-state index in [-0.39, 0.29) is 30.6 Å². The number of pyridine rings is 1. The minimum atomic E-state index is -0.258. The molecular formula is C18H19N9O2. The van der Waals surface area contributed by atoms with Gasteiger partial charge in [-0.2, -0.15) is 5.10 Å². The van der Waals surface area contributed by atoms with E-state index in [2.05, 4.69) is 37.0 Å². The van der Waals surface area contributed by atoms with Gasteiger partial charge in [-0.15, -0.1) is 0 Å². The number of fused-ring (bicyclic) bond motifs is 1. The number of aromatic amines is 1. The van der Waals surface area contributed by atoms with Gasteiger partial charge in [0.05, 0.1) is 12.9 Å². The van der Waals surface area contributed by atoms with Gasteiger partial charge < -0.3 is 14.8 Å². The maximum atomic E-state index is 12.4. The van der Waals surface area contributed by atoms with Crippen molar-refractivity contribution in [3.05, 3.63) is 54.8 Å². The molecule has 4 rings (SSSR count). The second-order valence-corrected chi connectivity index (χ2v) is 6.51. The van der Waals surface area contributed by atoms with Gasteiger partial charge in [-0.05, 0) is 12.1 Å². The molecule has 3 aromatic rings. The molecular weight excluding hydrogens is 374 g/mol. The molecule has 0 saturated carbocycles. The maximum Gasteiger partial charge on any atom is 0.281 e. The highest BCUT2D eigenvalue weighted by Gasteiger charge is 2.33. The van der Waals surface area contributed by atoms with Crippen LogP contribution in [0.25, 0.3) is 11.4 Å². The van der Waals surface area contributed by atoms with Crippen LogP contribution >= 0.6 is 0 Å². The van der Waals surface area contributed by atoms with E-state index in [0.717, 1.165) is 5.56 Å². The average molecular weight is 393 g/mol. The van der Waals surface area contributed by atoms with E-state index in [1.54, 1.807) is 42.0 Å². The van der Waals surface area contributed by atoms with Gasteiger partial charge in [0.2, 0.25) is 5.91 Å². The fourth-order valence-electron chi connectivity index (χ4n) is 3.01. The summed E-state index contributed by atoms with van der Waals surface area (Å²) in [5.41, 5.74) is 1.07. The first-order valence-electron chi connectivity index (χ1n) is 8.80. The Labute approximate surface area is 166 Å². The minimum Gasteiger partial charge on any atom is -0.347 e. The molecule has 0 fully saturated rings. The van der Waals surface area contributed by atoms with Crippen LogP contribution in [-0.4, -0.2) is 60.5 Å². The number of hydrogen-bond donors (Lipinski definition) is 2. The Morgan fingerprint density at radius 1 is 1.31 bits per heavy atom. The van der Waals surface area contributed by atoms with E-state index in [0.29, 0.717) is 23.3 Å². The fourth-order valence-corrected chi connectivity index (χ4v) is 3.01. The van der Waals surface area contributed by atoms with Gasteiger partial charge in [-0.1, -0.05) is 6.58 Å². The minimum absolute atomic E-state index is 0.000543. The van der Waals surface area contributed by atoms with Gasteiger partial charge in [0, 0.05) is 32.1 Å². The van der Waals surface area contributed by atoms with E-state index in [1.165, 1.54) is 11.2 Å². The Bertz CT molecular complexity index is 1090. The third-order valence-electron chi connectivity index (χ3n) is 4.63. The van der Waals surface area contributed by atoms with Crippen LogP contribution in [0.1, 0.15) is 16.3 Å². The van der Waals surface area contributed by atoms with Gasteiger partial charge >= 0.3 is 0 Å². The summed E-state index contributed by atoms with van der Waals surface area (Å²) in [5, 5.41) is 9.71. The zero-order valence-corrected chi connectivity index (χ0v) is 16.0. The van der Waals surface area contributed by atoms with Crippen molar-refractivity contribution in [3.8, 4) is 11.4 Å². The normalized spacial score (nSPS) is 13.6. The Balaban J connectivity index is 1.42. The molecule has 1 aliphatic rings. The number of amides is 2. The number of hydrogen-bond acceptors (Lipinski definition) is 7. The van der Waals surface area contributed by atoms with Crippen LogP contribution in [0.5, 0.6) is 0 Å². The van der Waals surface area contributed by atoms with Crippen LogP contribution in [-0.2, 0) is 17.9 Å². The summed E-state index contributed by atoms with van der Waals surface area (Å²) in [6.07, 6.45) is 4.81. The molecule has 29 heavy (non-hydrogen) atoms. The molecule has 0 saturated heterocycles. The molecule has 0 unspecified atom stereocenters. The maximum absolute atomic E-state index is 12.4. The van der Waals surface area contributed by atoms with Crippen molar-refractivity contribution in [2.75, 3.05) is 19.0 Å². The second-order valence-electron chi connectivity index (χ2n) is 6.51. The van der Waals surface area contributed by atoms with Crippen molar-refractivity contribution in [1.82, 2.24) is 39.9 Å². The standard InChI is InChI=1S/C18H19N9O2/c1-11-25(2)17-15(18(29)26(11)3)21-10-27(17)9-14(28)20-8-13-22-16(24-23-13)12-5-4-6-19-7-12/h4-7,10H,1,8-9H2,2-3H3,(H,20,28)(H,22,23,24). The largest absolute Gasteiger partial charge is 0.347 e. The number of H-pyrrole nitrogens is 1. The third kappa shape index (κ3) is 3.33. The van der Waals surface area contributed by atoms with Crippen LogP contribution in [0, 0.1) is 0 Å². The van der Waals surface area contributed by atoms with Gasteiger partial charge in [-0.25, -0.2) is 9.97 Å². The average Bonchev–Trinajstić information content (AvgIpc) is 3.37. The highest BCUT2D eigenvalue weighted by Crippen LogP contribution is 2.29. The van der Waals surface area contributed by atoms with Gasteiger partial charge in [-0.3, -0.25) is 24.6 Å². The Morgan fingerprint density at radius 3 is 2.90 bits per heavy atom. The summed E-state index contributed by atoms with van der Waals surface area (Å²) in [6.45, 7) is 4.08. The molecule has 2 N–H and O–H groups in total. The van der Waals surface area contributed by atoms with Gasteiger partial charge in [0.25, 0.3) is 5.91 Å². The monoisotopic (exact) mass is 393 g/mol. The van der Waals surface area contributed by atoms with Crippen molar-refractivity contribution < 1.29 is 9.59 Å². The van der Waals surface area contributed by atoms with E-state index in [1.807, 2.05) is 6.07 Å². The molecule has 3 aromatic heterocycles. The first-order valence-corrected chi connectivity index (χ1v) is 8.80. The second kappa shape index (κ2) is 7.19. The molecule has 0 aliphatic carbocycles. The zero-order valence-electron chi connectivity index (χ0n) is 16.0. The number of imidazole rings is 1. The SMILES string of the molecule is C=C1N(C)C(=O)c2ncn(CC(=O)NCc3nc(-c4cccnc4)n[nH]3)c2N1C. The van der Waals surface area contributed by atoms with E-state index >= 15 is 0 Å². The molecule has 0 aromatic carbocycles. The van der Waals surface area contributed by atoms with Crippen molar-refractivity contribution in [3.63, 3.8) is 0 Å². The summed E-state index contributed by atoms with van der Waals surface area (Å²) in [7, 11) is 3.40. The number of aromatic nitrogens is 6. The summed E-state index contributed by atoms with van der Waals surface area (Å²) < 4.78 is 1.61. The van der Waals surface area contributed by atoms with Crippen molar-refractivity contribution in [2.24, 2.45) is 0 Å². The summed E-state index contributed by atoms with van der Waals surface area (Å²) in [5.74, 6) is 1.56. The first-order chi connectivity index (χ1) is 14.0. The van der Waals surface area contributed by atoms with Crippen LogP contribution < -0.4 is 10.2 Å². The lowest BCUT2D eigenvalue weighted by atomic mass is 10.3. The number of carbonyl (C=O) groups excluding carboxylic acids is 2. The number of nitrogens with one attached hydrogen (secondary N) is 2. The van der Waals surface area contributed by atoms with Crippen molar-refractivity contribution in [1.29, 1.82) is 0 Å². The molecule has 1 aliphatic heterocycles.